The molecule has 0 aliphatic heterocycles. The zero-order chi connectivity index (χ0) is 8.81. The van der Waals surface area contributed by atoms with E-state index >= 15 is 0 Å². The van der Waals surface area contributed by atoms with Crippen molar-refractivity contribution in [1.29, 1.82) is 0 Å². The summed E-state index contributed by atoms with van der Waals surface area (Å²) in [6.45, 7) is 5.48. The summed E-state index contributed by atoms with van der Waals surface area (Å²) in [5, 5.41) is 0. The molecular formula is C10H20O2. The lowest BCUT2D eigenvalue weighted by molar-refractivity contribution is -0.0968. The largest absolute Gasteiger partial charge is 0.356 e. The molecule has 0 heterocycles. The first-order valence-corrected chi connectivity index (χ1v) is 5.07. The average Bonchev–Trinajstić information content (AvgIpc) is 2.52. The molecule has 0 aromatic carbocycles. The summed E-state index contributed by atoms with van der Waals surface area (Å²) in [5.41, 5.74) is 0. The van der Waals surface area contributed by atoms with E-state index in [4.69, 9.17) is 9.47 Å². The number of hydrogen-bond donors (Lipinski definition) is 0. The van der Waals surface area contributed by atoms with Crippen molar-refractivity contribution in [2.24, 2.45) is 5.92 Å². The fraction of sp³-hybridized carbons (Fsp3) is 1.00. The summed E-state index contributed by atoms with van der Waals surface area (Å²) in [4.78, 5) is 0. The topological polar surface area (TPSA) is 18.5 Å². The maximum absolute atomic E-state index is 5.62. The fourth-order valence-electron chi connectivity index (χ4n) is 1.91. The SMILES string of the molecule is CCOCO[C@@H]1CCC[C@@H]1CC. The molecule has 0 aromatic heterocycles. The molecule has 0 spiro atoms. The molecule has 0 saturated heterocycles. The Labute approximate surface area is 75.2 Å². The van der Waals surface area contributed by atoms with Gasteiger partial charge in [-0.25, -0.2) is 0 Å². The Morgan fingerprint density at radius 1 is 1.25 bits per heavy atom. The van der Waals surface area contributed by atoms with Crippen molar-refractivity contribution in [2.75, 3.05) is 13.4 Å². The zero-order valence-electron chi connectivity index (χ0n) is 8.21. The zero-order valence-corrected chi connectivity index (χ0v) is 8.21. The van der Waals surface area contributed by atoms with E-state index in [1.54, 1.807) is 0 Å². The van der Waals surface area contributed by atoms with Crippen LogP contribution in [0.3, 0.4) is 0 Å². The molecule has 0 amide bonds. The molecule has 0 unspecified atom stereocenters. The molecular weight excluding hydrogens is 152 g/mol. The molecule has 1 rings (SSSR count). The third-order valence-corrected chi connectivity index (χ3v) is 2.68. The van der Waals surface area contributed by atoms with Gasteiger partial charge < -0.3 is 9.47 Å². The van der Waals surface area contributed by atoms with Crippen LogP contribution in [0.25, 0.3) is 0 Å². The molecule has 2 heteroatoms. The first kappa shape index (κ1) is 10.0. The molecule has 1 aliphatic carbocycles. The van der Waals surface area contributed by atoms with Gasteiger partial charge in [0.1, 0.15) is 6.79 Å². The molecule has 0 aromatic rings. The fourth-order valence-corrected chi connectivity index (χ4v) is 1.91. The van der Waals surface area contributed by atoms with Gasteiger partial charge in [-0.15, -0.1) is 0 Å². The third kappa shape index (κ3) is 2.76. The molecule has 1 aliphatic rings. The van der Waals surface area contributed by atoms with Crippen LogP contribution in [0.4, 0.5) is 0 Å². The monoisotopic (exact) mass is 172 g/mol. The van der Waals surface area contributed by atoms with E-state index in [0.29, 0.717) is 12.9 Å². The van der Waals surface area contributed by atoms with Gasteiger partial charge in [0, 0.05) is 6.61 Å². The van der Waals surface area contributed by atoms with Gasteiger partial charge in [0.25, 0.3) is 0 Å². The van der Waals surface area contributed by atoms with Crippen LogP contribution in [0.15, 0.2) is 0 Å². The second kappa shape index (κ2) is 5.55. The van der Waals surface area contributed by atoms with Crippen molar-refractivity contribution >= 4 is 0 Å². The first-order chi connectivity index (χ1) is 5.88. The summed E-state index contributed by atoms with van der Waals surface area (Å²) in [5.74, 6) is 0.783. The van der Waals surface area contributed by atoms with Crippen molar-refractivity contribution < 1.29 is 9.47 Å². The Balaban J connectivity index is 2.12. The molecule has 0 radical (unpaired) electrons. The van der Waals surface area contributed by atoms with Crippen LogP contribution in [0.5, 0.6) is 0 Å². The smallest absolute Gasteiger partial charge is 0.147 e. The minimum atomic E-state index is 0.474. The quantitative estimate of drug-likeness (QED) is 0.469. The lowest BCUT2D eigenvalue weighted by atomic mass is 10.0. The summed E-state index contributed by atoms with van der Waals surface area (Å²) in [6, 6.07) is 0. The minimum Gasteiger partial charge on any atom is -0.356 e. The van der Waals surface area contributed by atoms with E-state index in [-0.39, 0.29) is 0 Å². The predicted octanol–water partition coefficient (Wildman–Crippen LogP) is 2.58. The van der Waals surface area contributed by atoms with Gasteiger partial charge in [0.05, 0.1) is 6.10 Å². The summed E-state index contributed by atoms with van der Waals surface area (Å²) in [7, 11) is 0. The van der Waals surface area contributed by atoms with Gasteiger partial charge in [-0.05, 0) is 25.7 Å². The summed E-state index contributed by atoms with van der Waals surface area (Å²) < 4.78 is 10.8. The van der Waals surface area contributed by atoms with Gasteiger partial charge in [-0.2, -0.15) is 0 Å². The molecule has 2 nitrogen and oxygen atoms in total. The molecule has 1 saturated carbocycles. The molecule has 12 heavy (non-hydrogen) atoms. The number of rotatable bonds is 5. The van der Waals surface area contributed by atoms with E-state index in [0.717, 1.165) is 12.5 Å². The molecule has 0 N–H and O–H groups in total. The highest BCUT2D eigenvalue weighted by Crippen LogP contribution is 2.30. The molecule has 0 bridgehead atoms. The van der Waals surface area contributed by atoms with Crippen molar-refractivity contribution in [3.05, 3.63) is 0 Å². The van der Waals surface area contributed by atoms with Crippen LogP contribution < -0.4 is 0 Å². The molecule has 1 fully saturated rings. The van der Waals surface area contributed by atoms with Crippen LogP contribution in [0, 0.1) is 5.92 Å². The summed E-state index contributed by atoms with van der Waals surface area (Å²) in [6.07, 6.45) is 5.62. The van der Waals surface area contributed by atoms with E-state index in [9.17, 15) is 0 Å². The van der Waals surface area contributed by atoms with Gasteiger partial charge in [-0.3, -0.25) is 0 Å². The van der Waals surface area contributed by atoms with E-state index in [1.165, 1.54) is 25.7 Å². The summed E-state index contributed by atoms with van der Waals surface area (Å²) >= 11 is 0. The van der Waals surface area contributed by atoms with Crippen LogP contribution in [-0.2, 0) is 9.47 Å². The maximum atomic E-state index is 5.62. The Kier molecular flexibility index (Phi) is 4.62. The maximum Gasteiger partial charge on any atom is 0.147 e. The van der Waals surface area contributed by atoms with Gasteiger partial charge >= 0.3 is 0 Å². The standard InChI is InChI=1S/C10H20O2/c1-3-9-6-5-7-10(9)12-8-11-4-2/h9-10H,3-8H2,1-2H3/t9-,10+/m0/s1. The molecule has 72 valence electrons. The van der Waals surface area contributed by atoms with Crippen LogP contribution in [0.1, 0.15) is 39.5 Å². The highest BCUT2D eigenvalue weighted by molar-refractivity contribution is 4.76. The average molecular weight is 172 g/mol. The number of hydrogen-bond acceptors (Lipinski definition) is 2. The third-order valence-electron chi connectivity index (χ3n) is 2.68. The van der Waals surface area contributed by atoms with Crippen LogP contribution in [0.2, 0.25) is 0 Å². The second-order valence-corrected chi connectivity index (χ2v) is 3.42. The Morgan fingerprint density at radius 3 is 2.75 bits per heavy atom. The minimum absolute atomic E-state index is 0.474. The van der Waals surface area contributed by atoms with E-state index in [1.807, 2.05) is 6.92 Å². The van der Waals surface area contributed by atoms with Crippen molar-refractivity contribution in [1.82, 2.24) is 0 Å². The highest BCUT2D eigenvalue weighted by Gasteiger charge is 2.25. The van der Waals surface area contributed by atoms with Gasteiger partial charge in [-0.1, -0.05) is 19.8 Å². The van der Waals surface area contributed by atoms with E-state index < -0.39 is 0 Å². The Bertz CT molecular complexity index is 114. The Hall–Kier alpha value is -0.0800. The van der Waals surface area contributed by atoms with Crippen LogP contribution in [-0.4, -0.2) is 19.5 Å². The van der Waals surface area contributed by atoms with Crippen LogP contribution >= 0.6 is 0 Å². The first-order valence-electron chi connectivity index (χ1n) is 5.07. The van der Waals surface area contributed by atoms with Gasteiger partial charge in [0.15, 0.2) is 0 Å². The highest BCUT2D eigenvalue weighted by atomic mass is 16.7. The second-order valence-electron chi connectivity index (χ2n) is 3.42. The van der Waals surface area contributed by atoms with Gasteiger partial charge in [0.2, 0.25) is 0 Å². The van der Waals surface area contributed by atoms with Crippen molar-refractivity contribution in [3.8, 4) is 0 Å². The normalized spacial score (nSPS) is 29.5. The Morgan fingerprint density at radius 2 is 2.08 bits per heavy atom. The lowest BCUT2D eigenvalue weighted by Crippen LogP contribution is -2.19. The lowest BCUT2D eigenvalue weighted by Gasteiger charge is -2.18. The van der Waals surface area contributed by atoms with E-state index in [2.05, 4.69) is 6.92 Å². The van der Waals surface area contributed by atoms with Crippen molar-refractivity contribution in [3.63, 3.8) is 0 Å². The number of ether oxygens (including phenoxy) is 2. The predicted molar refractivity (Wildman–Crippen MR) is 49.0 cm³/mol. The van der Waals surface area contributed by atoms with Crippen molar-refractivity contribution in [2.45, 2.75) is 45.6 Å². The molecule has 2 atom stereocenters.